The third-order valence-corrected chi connectivity index (χ3v) is 0.676. The quantitative estimate of drug-likeness (QED) is 0.464. The maximum absolute atomic E-state index is 7.57. The van der Waals surface area contributed by atoms with Crippen LogP contribution in [0, 0.1) is 10.7 Å². The second-order valence-corrected chi connectivity index (χ2v) is 1.79. The van der Waals surface area contributed by atoms with E-state index in [2.05, 4.69) is 19.7 Å². The zero-order valence-electron chi connectivity index (χ0n) is 1.66. The van der Waals surface area contributed by atoms with Gasteiger partial charge in [-0.3, -0.25) is 0 Å². The van der Waals surface area contributed by atoms with Gasteiger partial charge < -0.3 is 0 Å². The molecule has 1 nitrogen and oxygen atoms in total. The number of hydrogen-bond acceptors (Lipinski definition) is 2. The summed E-state index contributed by atoms with van der Waals surface area (Å²) in [5.41, 5.74) is 0. The zero-order chi connectivity index (χ0) is 3.41. The molecule has 0 aromatic rings. The third kappa shape index (κ3) is 10.7. The Kier molecular flexibility index (Phi) is 19.5. The molecule has 0 aliphatic rings. The fourth-order valence-corrected chi connectivity index (χ4v) is 0. The summed E-state index contributed by atoms with van der Waals surface area (Å²) in [6, 6.07) is 0. The summed E-state index contributed by atoms with van der Waals surface area (Å²) in [5, 5.41) is 9.40. The number of rotatable bonds is 0. The first-order valence-corrected chi connectivity index (χ1v) is 3.86. The first-order chi connectivity index (χ1) is 1.91. The molecular weight excluding hydrogens is 294 g/mol. The number of nitriles is 1. The van der Waals surface area contributed by atoms with Gasteiger partial charge in [-0.25, -0.2) is 0 Å². The van der Waals surface area contributed by atoms with E-state index in [1.807, 2.05) is 5.40 Å². The molecule has 0 radical (unpaired) electrons. The van der Waals surface area contributed by atoms with Crippen LogP contribution < -0.4 is 0 Å². The van der Waals surface area contributed by atoms with Crippen molar-refractivity contribution in [1.82, 2.24) is 0 Å². The van der Waals surface area contributed by atoms with Crippen molar-refractivity contribution in [3.05, 3.63) is 0 Å². The normalized spacial score (nSPS) is 4.20. The third-order valence-electron chi connectivity index (χ3n) is 0.0275. The first kappa shape index (κ1) is 10.2. The first-order valence-electron chi connectivity index (χ1n) is 0.551. The van der Waals surface area contributed by atoms with Gasteiger partial charge in [0.1, 0.15) is 0 Å². The zero-order valence-corrected chi connectivity index (χ0v) is 4.64. The Morgan fingerprint density at radius 2 is 2.00 bits per heavy atom. The Hall–Kier alpha value is 2.22. The molecule has 0 rings (SSSR count). The van der Waals surface area contributed by atoms with E-state index < -0.39 is 0 Å². The summed E-state index contributed by atoms with van der Waals surface area (Å²) in [5.74, 6) is 0. The van der Waals surface area contributed by atoms with E-state index >= 15 is 0 Å². The second kappa shape index (κ2) is 9.51. The fraction of sp³-hybridized carbons (Fsp3) is 0. The van der Waals surface area contributed by atoms with Crippen LogP contribution in [0.25, 0.3) is 0 Å². The van der Waals surface area contributed by atoms with Gasteiger partial charge in [0.15, 0.2) is 0 Å². The summed E-state index contributed by atoms with van der Waals surface area (Å²) in [6.45, 7) is 0. The Morgan fingerprint density at radius 3 is 2.00 bits per heavy atom. The molecule has 0 N–H and O–H groups in total. The van der Waals surface area contributed by atoms with Crippen LogP contribution in [0.1, 0.15) is 0 Å². The topological polar surface area (TPSA) is 23.8 Å². The summed E-state index contributed by atoms with van der Waals surface area (Å²) in [7, 11) is 1.11. The number of nitrogens with zero attached hydrogens (tertiary/aromatic N) is 1. The average molecular weight is 295 g/mol. The standard InChI is InChI=1S/CHNS.Au.K.H/c2-1-3;;;/h3H;;;/q;+1;;/p-1. The number of hydrogen-bond donors (Lipinski definition) is 0. The minimum absolute atomic E-state index is 0. The van der Waals surface area contributed by atoms with E-state index in [-0.39, 0.29) is 51.4 Å². The van der Waals surface area contributed by atoms with Crippen molar-refractivity contribution in [2.24, 2.45) is 0 Å². The number of thiocyanates is 1. The predicted octanol–water partition coefficient (Wildman–Crippen LogP) is 0.0140. The SMILES string of the molecule is N#C[S][Au].[KH]. The average Bonchev–Trinajstić information content (AvgIpc) is 1.37. The van der Waals surface area contributed by atoms with Gasteiger partial charge in [0.2, 0.25) is 0 Å². The molecule has 0 aliphatic carbocycles. The molecule has 0 saturated carbocycles. The van der Waals surface area contributed by atoms with E-state index in [0.29, 0.717) is 0 Å². The van der Waals surface area contributed by atoms with Gasteiger partial charge in [-0.15, -0.1) is 0 Å². The van der Waals surface area contributed by atoms with Gasteiger partial charge >= 0.3 is 91.0 Å². The fourth-order valence-electron chi connectivity index (χ4n) is 0. The molecule has 28 valence electrons. The van der Waals surface area contributed by atoms with Crippen LogP contribution in [0.4, 0.5) is 0 Å². The Labute approximate surface area is 88.8 Å². The molecule has 0 saturated heterocycles. The molecule has 0 heterocycles. The summed E-state index contributed by atoms with van der Waals surface area (Å²) < 4.78 is 0. The molecule has 5 heavy (non-hydrogen) atoms. The molecule has 0 amide bonds. The Morgan fingerprint density at radius 1 is 1.80 bits per heavy atom. The van der Waals surface area contributed by atoms with E-state index in [4.69, 9.17) is 5.26 Å². The van der Waals surface area contributed by atoms with Crippen LogP contribution in [-0.2, 0) is 19.7 Å². The molecule has 0 aliphatic heterocycles. The summed E-state index contributed by atoms with van der Waals surface area (Å²) in [6.07, 6.45) is 0. The van der Waals surface area contributed by atoms with Crippen molar-refractivity contribution < 1.29 is 19.7 Å². The van der Waals surface area contributed by atoms with Crippen molar-refractivity contribution in [1.29, 1.82) is 5.26 Å². The van der Waals surface area contributed by atoms with Crippen molar-refractivity contribution in [3.8, 4) is 5.40 Å². The van der Waals surface area contributed by atoms with Gasteiger partial charge in [0.25, 0.3) is 0 Å². The van der Waals surface area contributed by atoms with Gasteiger partial charge in [-0.2, -0.15) is 0 Å². The minimum atomic E-state index is 0. The molecule has 0 unspecified atom stereocenters. The monoisotopic (exact) mass is 295 g/mol. The van der Waals surface area contributed by atoms with Crippen LogP contribution in [0.3, 0.4) is 0 Å². The van der Waals surface area contributed by atoms with E-state index in [0.717, 1.165) is 9.23 Å². The van der Waals surface area contributed by atoms with E-state index in [1.165, 1.54) is 0 Å². The molecule has 0 fully saturated rings. The molecule has 4 heteroatoms. The van der Waals surface area contributed by atoms with Crippen LogP contribution in [-0.4, -0.2) is 51.4 Å². The van der Waals surface area contributed by atoms with Crippen molar-refractivity contribution in [3.63, 3.8) is 0 Å². The van der Waals surface area contributed by atoms with Gasteiger partial charge in [0, 0.05) is 0 Å². The predicted molar refractivity (Wildman–Crippen MR) is 20.4 cm³/mol. The molecular formula is CHAuKNS. The van der Waals surface area contributed by atoms with Crippen LogP contribution in [0.5, 0.6) is 0 Å². The Balaban J connectivity index is 0. The van der Waals surface area contributed by atoms with E-state index in [1.54, 1.807) is 0 Å². The second-order valence-electron chi connectivity index (χ2n) is 0.153. The summed E-state index contributed by atoms with van der Waals surface area (Å²) in [4.78, 5) is 0. The van der Waals surface area contributed by atoms with Crippen LogP contribution in [0.2, 0.25) is 0 Å². The van der Waals surface area contributed by atoms with Crippen molar-refractivity contribution >= 4 is 60.6 Å². The molecule has 0 atom stereocenters. The Bertz CT molecular complexity index is 41.4. The molecule has 0 bridgehead atoms. The maximum atomic E-state index is 7.57. The van der Waals surface area contributed by atoms with Crippen LogP contribution in [0.15, 0.2) is 0 Å². The van der Waals surface area contributed by atoms with Crippen LogP contribution >= 0.6 is 9.23 Å². The molecule has 0 aromatic carbocycles. The van der Waals surface area contributed by atoms with E-state index in [9.17, 15) is 0 Å². The van der Waals surface area contributed by atoms with Crippen molar-refractivity contribution in [2.45, 2.75) is 0 Å². The summed E-state index contributed by atoms with van der Waals surface area (Å²) >= 11 is 2.05. The molecule has 0 aromatic heterocycles. The van der Waals surface area contributed by atoms with Gasteiger partial charge in [-0.05, 0) is 0 Å². The molecule has 0 spiro atoms. The van der Waals surface area contributed by atoms with Gasteiger partial charge in [0.05, 0.1) is 0 Å². The van der Waals surface area contributed by atoms with Crippen molar-refractivity contribution in [2.75, 3.05) is 0 Å². The van der Waals surface area contributed by atoms with Gasteiger partial charge in [-0.1, -0.05) is 0 Å².